The van der Waals surface area contributed by atoms with E-state index < -0.39 is 11.9 Å². The Bertz CT molecular complexity index is 724. The first-order valence-electron chi connectivity index (χ1n) is 7.36. The van der Waals surface area contributed by atoms with E-state index in [4.69, 9.17) is 5.11 Å². The molecular formula is C16H16N4O3. The number of hydrogen-bond donors (Lipinski definition) is 2. The summed E-state index contributed by atoms with van der Waals surface area (Å²) < 4.78 is 0. The maximum Gasteiger partial charge on any atom is 0.356 e. The highest BCUT2D eigenvalue weighted by Crippen LogP contribution is 2.28. The van der Waals surface area contributed by atoms with Gasteiger partial charge in [0.05, 0.1) is 23.8 Å². The average Bonchev–Trinajstić information content (AvgIpc) is 3.09. The number of nitrogens with zero attached hydrogens (tertiary/aromatic N) is 3. The number of aromatic nitrogens is 2. The van der Waals surface area contributed by atoms with Gasteiger partial charge in [-0.15, -0.1) is 0 Å². The number of carboxylic acid groups (broad SMARTS) is 1. The third-order valence-electron chi connectivity index (χ3n) is 3.70. The Hall–Kier alpha value is -2.96. The molecule has 1 fully saturated rings. The number of amides is 1. The van der Waals surface area contributed by atoms with E-state index in [2.05, 4.69) is 20.2 Å². The molecule has 7 nitrogen and oxygen atoms in total. The average molecular weight is 312 g/mol. The van der Waals surface area contributed by atoms with Crippen LogP contribution < -0.4 is 10.2 Å². The molecule has 0 aliphatic carbocycles. The van der Waals surface area contributed by atoms with Crippen molar-refractivity contribution in [3.05, 3.63) is 48.0 Å². The molecule has 0 bridgehead atoms. The molecule has 3 rings (SSSR count). The van der Waals surface area contributed by atoms with Crippen molar-refractivity contribution in [1.82, 2.24) is 9.97 Å². The normalized spacial score (nSPS) is 13.8. The lowest BCUT2D eigenvalue weighted by Gasteiger charge is -2.21. The Labute approximate surface area is 133 Å². The molecule has 2 heterocycles. The number of carbonyl (C=O) groups is 2. The monoisotopic (exact) mass is 312 g/mol. The number of aromatic carboxylic acids is 1. The molecule has 1 saturated heterocycles. The number of benzene rings is 1. The quantitative estimate of drug-likeness (QED) is 0.897. The third-order valence-corrected chi connectivity index (χ3v) is 3.70. The van der Waals surface area contributed by atoms with Gasteiger partial charge in [0.1, 0.15) is 5.69 Å². The van der Waals surface area contributed by atoms with E-state index in [1.54, 1.807) is 0 Å². The molecule has 118 valence electrons. The Balaban J connectivity index is 1.78. The van der Waals surface area contributed by atoms with Crippen LogP contribution in [0, 0.1) is 0 Å². The van der Waals surface area contributed by atoms with E-state index in [0.717, 1.165) is 44.0 Å². The zero-order chi connectivity index (χ0) is 16.2. The highest BCUT2D eigenvalue weighted by atomic mass is 16.4. The maximum absolute atomic E-state index is 12.3. The second-order valence-electron chi connectivity index (χ2n) is 5.26. The van der Waals surface area contributed by atoms with Gasteiger partial charge < -0.3 is 15.3 Å². The van der Waals surface area contributed by atoms with Crippen LogP contribution in [-0.2, 0) is 0 Å². The standard InChI is InChI=1S/C16H16N4O3/c21-15(12-9-18-13(10-17-12)16(22)23)19-11-5-1-2-6-14(11)20-7-3-4-8-20/h1-2,5-6,9-10H,3-4,7-8H2,(H,19,21)(H,22,23). The minimum atomic E-state index is -1.18. The van der Waals surface area contributed by atoms with Crippen molar-refractivity contribution in [3.8, 4) is 0 Å². The smallest absolute Gasteiger partial charge is 0.356 e. The Kier molecular flexibility index (Phi) is 4.18. The molecule has 7 heteroatoms. The lowest BCUT2D eigenvalue weighted by Crippen LogP contribution is -2.21. The van der Waals surface area contributed by atoms with Gasteiger partial charge in [-0.05, 0) is 25.0 Å². The van der Waals surface area contributed by atoms with Crippen LogP contribution in [0.25, 0.3) is 0 Å². The minimum absolute atomic E-state index is 0.0752. The highest BCUT2D eigenvalue weighted by molar-refractivity contribution is 6.04. The number of carboxylic acids is 1. The summed E-state index contributed by atoms with van der Waals surface area (Å²) in [5.74, 6) is -1.59. The fourth-order valence-electron chi connectivity index (χ4n) is 2.56. The maximum atomic E-state index is 12.3. The number of hydrogen-bond acceptors (Lipinski definition) is 5. The molecule has 23 heavy (non-hydrogen) atoms. The van der Waals surface area contributed by atoms with Gasteiger partial charge in [0.15, 0.2) is 5.69 Å². The molecule has 1 aliphatic heterocycles. The summed E-state index contributed by atoms with van der Waals surface area (Å²) in [4.78, 5) is 32.8. The second kappa shape index (κ2) is 6.43. The predicted octanol–water partition coefficient (Wildman–Crippen LogP) is 2.03. The summed E-state index contributed by atoms with van der Waals surface area (Å²) in [6, 6.07) is 7.60. The second-order valence-corrected chi connectivity index (χ2v) is 5.26. The van der Waals surface area contributed by atoms with Crippen molar-refractivity contribution in [2.45, 2.75) is 12.8 Å². The van der Waals surface area contributed by atoms with Crippen LogP contribution in [0.5, 0.6) is 0 Å². The summed E-state index contributed by atoms with van der Waals surface area (Å²) in [7, 11) is 0. The van der Waals surface area contributed by atoms with E-state index in [0.29, 0.717) is 5.69 Å². The SMILES string of the molecule is O=C(O)c1cnc(C(=O)Nc2ccccc2N2CCCC2)cn1. The van der Waals surface area contributed by atoms with E-state index in [1.165, 1.54) is 0 Å². The summed E-state index contributed by atoms with van der Waals surface area (Å²) >= 11 is 0. The molecular weight excluding hydrogens is 296 g/mol. The first-order valence-corrected chi connectivity index (χ1v) is 7.36. The van der Waals surface area contributed by atoms with Crippen molar-refractivity contribution >= 4 is 23.3 Å². The summed E-state index contributed by atoms with van der Waals surface area (Å²) in [6.07, 6.45) is 4.52. The van der Waals surface area contributed by atoms with Crippen LogP contribution in [0.1, 0.15) is 33.8 Å². The molecule has 1 aromatic heterocycles. The lowest BCUT2D eigenvalue weighted by atomic mass is 10.2. The van der Waals surface area contributed by atoms with Gasteiger partial charge in [0.2, 0.25) is 0 Å². The zero-order valence-electron chi connectivity index (χ0n) is 12.4. The van der Waals surface area contributed by atoms with Crippen molar-refractivity contribution < 1.29 is 14.7 Å². The first kappa shape index (κ1) is 15.0. The van der Waals surface area contributed by atoms with Gasteiger partial charge in [0, 0.05) is 13.1 Å². The summed E-state index contributed by atoms with van der Waals surface area (Å²) in [5.41, 5.74) is 1.57. The largest absolute Gasteiger partial charge is 0.476 e. The molecule has 1 aromatic carbocycles. The molecule has 0 radical (unpaired) electrons. The van der Waals surface area contributed by atoms with Crippen LogP contribution >= 0.6 is 0 Å². The van der Waals surface area contributed by atoms with Crippen molar-refractivity contribution in [1.29, 1.82) is 0 Å². The third kappa shape index (κ3) is 3.28. The molecule has 0 saturated carbocycles. The van der Waals surface area contributed by atoms with E-state index >= 15 is 0 Å². The molecule has 2 N–H and O–H groups in total. The molecule has 2 aromatic rings. The first-order chi connectivity index (χ1) is 11.1. The van der Waals surface area contributed by atoms with Crippen LogP contribution in [-0.4, -0.2) is 40.0 Å². The number of carbonyl (C=O) groups excluding carboxylic acids is 1. The van der Waals surface area contributed by atoms with Gasteiger partial charge in [-0.25, -0.2) is 14.8 Å². The molecule has 0 spiro atoms. The number of rotatable bonds is 4. The Morgan fingerprint density at radius 3 is 2.35 bits per heavy atom. The fraction of sp³-hybridized carbons (Fsp3) is 0.250. The van der Waals surface area contributed by atoms with Gasteiger partial charge in [0.25, 0.3) is 5.91 Å². The van der Waals surface area contributed by atoms with Gasteiger partial charge in [-0.3, -0.25) is 4.79 Å². The Morgan fingerprint density at radius 2 is 1.70 bits per heavy atom. The van der Waals surface area contributed by atoms with E-state index in [9.17, 15) is 9.59 Å². The van der Waals surface area contributed by atoms with Crippen molar-refractivity contribution in [2.24, 2.45) is 0 Å². The molecule has 0 unspecified atom stereocenters. The van der Waals surface area contributed by atoms with Gasteiger partial charge >= 0.3 is 5.97 Å². The van der Waals surface area contributed by atoms with Crippen molar-refractivity contribution in [2.75, 3.05) is 23.3 Å². The minimum Gasteiger partial charge on any atom is -0.476 e. The van der Waals surface area contributed by atoms with Crippen LogP contribution in [0.2, 0.25) is 0 Å². The summed E-state index contributed by atoms with van der Waals surface area (Å²) in [6.45, 7) is 1.94. The molecule has 0 atom stereocenters. The number of para-hydroxylation sites is 2. The van der Waals surface area contributed by atoms with E-state index in [1.807, 2.05) is 24.3 Å². The fourth-order valence-corrected chi connectivity index (χ4v) is 2.56. The molecule has 1 aliphatic rings. The Morgan fingerprint density at radius 1 is 1.04 bits per heavy atom. The van der Waals surface area contributed by atoms with Crippen LogP contribution in [0.15, 0.2) is 36.7 Å². The number of nitrogens with one attached hydrogen (secondary N) is 1. The summed E-state index contributed by atoms with van der Waals surface area (Å²) in [5, 5.41) is 11.6. The predicted molar refractivity (Wildman–Crippen MR) is 84.8 cm³/mol. The van der Waals surface area contributed by atoms with E-state index in [-0.39, 0.29) is 11.4 Å². The lowest BCUT2D eigenvalue weighted by molar-refractivity contribution is 0.0689. The van der Waals surface area contributed by atoms with Crippen LogP contribution in [0.3, 0.4) is 0 Å². The topological polar surface area (TPSA) is 95.4 Å². The molecule has 1 amide bonds. The zero-order valence-corrected chi connectivity index (χ0v) is 12.4. The van der Waals surface area contributed by atoms with Crippen molar-refractivity contribution in [3.63, 3.8) is 0 Å². The number of anilines is 2. The van der Waals surface area contributed by atoms with Gasteiger partial charge in [-0.2, -0.15) is 0 Å². The highest BCUT2D eigenvalue weighted by Gasteiger charge is 2.17. The van der Waals surface area contributed by atoms with Gasteiger partial charge in [-0.1, -0.05) is 12.1 Å². The van der Waals surface area contributed by atoms with Crippen LogP contribution in [0.4, 0.5) is 11.4 Å².